The SMILES string of the molecule is CC(C)(C)OC(=O)NC(CCNC1CCCC1)c1ccccc1. The van der Waals surface area contributed by atoms with Gasteiger partial charge in [-0.05, 0) is 52.1 Å². The summed E-state index contributed by atoms with van der Waals surface area (Å²) >= 11 is 0. The summed E-state index contributed by atoms with van der Waals surface area (Å²) in [6.45, 7) is 6.54. The molecule has 0 saturated heterocycles. The van der Waals surface area contributed by atoms with Crippen molar-refractivity contribution in [3.05, 3.63) is 35.9 Å². The molecule has 23 heavy (non-hydrogen) atoms. The largest absolute Gasteiger partial charge is 0.444 e. The van der Waals surface area contributed by atoms with Crippen molar-refractivity contribution in [2.45, 2.75) is 70.6 Å². The zero-order chi connectivity index (χ0) is 16.7. The predicted octanol–water partition coefficient (Wildman–Crippen LogP) is 4.17. The first kappa shape index (κ1) is 17.8. The summed E-state index contributed by atoms with van der Waals surface area (Å²) in [7, 11) is 0. The Labute approximate surface area is 140 Å². The van der Waals surface area contributed by atoms with Crippen molar-refractivity contribution < 1.29 is 9.53 Å². The van der Waals surface area contributed by atoms with Crippen molar-refractivity contribution in [1.82, 2.24) is 10.6 Å². The van der Waals surface area contributed by atoms with Crippen LogP contribution in [0.5, 0.6) is 0 Å². The lowest BCUT2D eigenvalue weighted by molar-refractivity contribution is 0.0501. The van der Waals surface area contributed by atoms with Gasteiger partial charge in [0.1, 0.15) is 5.60 Å². The van der Waals surface area contributed by atoms with Crippen LogP contribution in [-0.4, -0.2) is 24.3 Å². The second-order valence-corrected chi connectivity index (χ2v) is 7.33. The Balaban J connectivity index is 1.90. The number of hydrogen-bond donors (Lipinski definition) is 2. The number of benzene rings is 1. The molecule has 0 aromatic heterocycles. The average molecular weight is 318 g/mol. The summed E-state index contributed by atoms with van der Waals surface area (Å²) < 4.78 is 5.40. The summed E-state index contributed by atoms with van der Waals surface area (Å²) in [6, 6.07) is 10.7. The van der Waals surface area contributed by atoms with E-state index in [0.29, 0.717) is 6.04 Å². The maximum Gasteiger partial charge on any atom is 0.408 e. The Hall–Kier alpha value is -1.55. The van der Waals surface area contributed by atoms with Crippen LogP contribution in [-0.2, 0) is 4.74 Å². The van der Waals surface area contributed by atoms with Crippen molar-refractivity contribution >= 4 is 6.09 Å². The Morgan fingerprint density at radius 2 is 1.87 bits per heavy atom. The molecule has 0 radical (unpaired) electrons. The van der Waals surface area contributed by atoms with Crippen LogP contribution < -0.4 is 10.6 Å². The zero-order valence-corrected chi connectivity index (χ0v) is 14.6. The molecule has 4 heteroatoms. The number of ether oxygens (including phenoxy) is 1. The molecule has 1 fully saturated rings. The highest BCUT2D eigenvalue weighted by Crippen LogP contribution is 2.20. The fourth-order valence-corrected chi connectivity index (χ4v) is 3.02. The molecule has 1 aliphatic rings. The van der Waals surface area contributed by atoms with Crippen LogP contribution in [0.25, 0.3) is 0 Å². The molecule has 1 unspecified atom stereocenters. The number of amides is 1. The number of hydrogen-bond acceptors (Lipinski definition) is 3. The highest BCUT2D eigenvalue weighted by atomic mass is 16.6. The van der Waals surface area contributed by atoms with Gasteiger partial charge in [-0.3, -0.25) is 0 Å². The van der Waals surface area contributed by atoms with Gasteiger partial charge in [-0.1, -0.05) is 43.2 Å². The lowest BCUT2D eigenvalue weighted by Gasteiger charge is -2.24. The molecule has 1 aromatic carbocycles. The minimum absolute atomic E-state index is 0.0278. The number of carbonyl (C=O) groups is 1. The molecule has 1 aliphatic carbocycles. The van der Waals surface area contributed by atoms with E-state index in [1.807, 2.05) is 39.0 Å². The fourth-order valence-electron chi connectivity index (χ4n) is 3.02. The molecule has 1 saturated carbocycles. The molecular formula is C19H30N2O2. The van der Waals surface area contributed by atoms with E-state index in [4.69, 9.17) is 4.74 Å². The highest BCUT2D eigenvalue weighted by Gasteiger charge is 2.21. The van der Waals surface area contributed by atoms with Gasteiger partial charge in [0.15, 0.2) is 0 Å². The second kappa shape index (κ2) is 8.34. The van der Waals surface area contributed by atoms with Gasteiger partial charge < -0.3 is 15.4 Å². The minimum Gasteiger partial charge on any atom is -0.444 e. The first-order valence-electron chi connectivity index (χ1n) is 8.72. The third-order valence-electron chi connectivity index (χ3n) is 4.11. The summed E-state index contributed by atoms with van der Waals surface area (Å²) in [4.78, 5) is 12.1. The van der Waals surface area contributed by atoms with Crippen molar-refractivity contribution in [1.29, 1.82) is 0 Å². The molecule has 128 valence electrons. The summed E-state index contributed by atoms with van der Waals surface area (Å²) in [5.41, 5.74) is 0.638. The Kier molecular flexibility index (Phi) is 6.46. The molecule has 4 nitrogen and oxygen atoms in total. The zero-order valence-electron chi connectivity index (χ0n) is 14.6. The second-order valence-electron chi connectivity index (χ2n) is 7.33. The number of carbonyl (C=O) groups excluding carboxylic acids is 1. The first-order valence-corrected chi connectivity index (χ1v) is 8.72. The van der Waals surface area contributed by atoms with Crippen LogP contribution in [0.4, 0.5) is 4.79 Å². The van der Waals surface area contributed by atoms with Crippen molar-refractivity contribution in [3.63, 3.8) is 0 Å². The summed E-state index contributed by atoms with van der Waals surface area (Å²) in [5.74, 6) is 0. The highest BCUT2D eigenvalue weighted by molar-refractivity contribution is 5.68. The molecule has 1 amide bonds. The number of nitrogens with one attached hydrogen (secondary N) is 2. The van der Waals surface area contributed by atoms with Gasteiger partial charge in [-0.2, -0.15) is 0 Å². The van der Waals surface area contributed by atoms with Gasteiger partial charge >= 0.3 is 6.09 Å². The molecule has 0 spiro atoms. The Morgan fingerprint density at radius 3 is 2.48 bits per heavy atom. The van der Waals surface area contributed by atoms with Gasteiger partial charge in [-0.25, -0.2) is 4.79 Å². The average Bonchev–Trinajstić information content (AvgIpc) is 2.98. The maximum atomic E-state index is 12.1. The normalized spacial score (nSPS) is 17.0. The van der Waals surface area contributed by atoms with E-state index in [0.717, 1.165) is 18.5 Å². The lowest BCUT2D eigenvalue weighted by Crippen LogP contribution is -2.37. The minimum atomic E-state index is -0.479. The molecule has 0 bridgehead atoms. The van der Waals surface area contributed by atoms with E-state index in [2.05, 4.69) is 22.8 Å². The van der Waals surface area contributed by atoms with Crippen molar-refractivity contribution in [2.75, 3.05) is 6.54 Å². The molecule has 1 atom stereocenters. The molecule has 1 aromatic rings. The Morgan fingerprint density at radius 1 is 1.22 bits per heavy atom. The molecule has 2 N–H and O–H groups in total. The maximum absolute atomic E-state index is 12.1. The van der Waals surface area contributed by atoms with Crippen molar-refractivity contribution in [2.24, 2.45) is 0 Å². The molecule has 0 heterocycles. The molecule has 2 rings (SSSR count). The topological polar surface area (TPSA) is 50.4 Å². The van der Waals surface area contributed by atoms with Crippen LogP contribution in [0.1, 0.15) is 64.5 Å². The van der Waals surface area contributed by atoms with Crippen molar-refractivity contribution in [3.8, 4) is 0 Å². The van der Waals surface area contributed by atoms with Gasteiger partial charge in [0.25, 0.3) is 0 Å². The van der Waals surface area contributed by atoms with E-state index >= 15 is 0 Å². The van der Waals surface area contributed by atoms with Gasteiger partial charge in [-0.15, -0.1) is 0 Å². The fraction of sp³-hybridized carbons (Fsp3) is 0.632. The van der Waals surface area contributed by atoms with Gasteiger partial charge in [0.2, 0.25) is 0 Å². The van der Waals surface area contributed by atoms with Crippen LogP contribution in [0.15, 0.2) is 30.3 Å². The summed E-state index contributed by atoms with van der Waals surface area (Å²) in [6.07, 6.45) is 5.71. The first-order chi connectivity index (χ1) is 10.9. The third-order valence-corrected chi connectivity index (χ3v) is 4.11. The lowest BCUT2D eigenvalue weighted by atomic mass is 10.0. The Bertz CT molecular complexity index is 476. The predicted molar refractivity (Wildman–Crippen MR) is 93.4 cm³/mol. The summed E-state index contributed by atoms with van der Waals surface area (Å²) in [5, 5.41) is 6.63. The van der Waals surface area contributed by atoms with E-state index in [9.17, 15) is 4.79 Å². The van der Waals surface area contributed by atoms with E-state index in [1.54, 1.807) is 0 Å². The van der Waals surface area contributed by atoms with Crippen LogP contribution >= 0.6 is 0 Å². The van der Waals surface area contributed by atoms with Crippen LogP contribution in [0.2, 0.25) is 0 Å². The molecular weight excluding hydrogens is 288 g/mol. The standard InChI is InChI=1S/C19H30N2O2/c1-19(2,3)23-18(22)21-17(15-9-5-4-6-10-15)13-14-20-16-11-7-8-12-16/h4-6,9-10,16-17,20H,7-8,11-14H2,1-3H3,(H,21,22). The van der Waals surface area contributed by atoms with E-state index in [1.165, 1.54) is 25.7 Å². The van der Waals surface area contributed by atoms with E-state index < -0.39 is 5.60 Å². The van der Waals surface area contributed by atoms with Crippen LogP contribution in [0, 0.1) is 0 Å². The third kappa shape index (κ3) is 6.61. The molecule has 0 aliphatic heterocycles. The van der Waals surface area contributed by atoms with Gasteiger partial charge in [0.05, 0.1) is 6.04 Å². The van der Waals surface area contributed by atoms with Crippen LogP contribution in [0.3, 0.4) is 0 Å². The van der Waals surface area contributed by atoms with E-state index in [-0.39, 0.29) is 12.1 Å². The quantitative estimate of drug-likeness (QED) is 0.827. The van der Waals surface area contributed by atoms with Gasteiger partial charge in [0, 0.05) is 6.04 Å². The number of alkyl carbamates (subject to hydrolysis) is 1. The monoisotopic (exact) mass is 318 g/mol. The smallest absolute Gasteiger partial charge is 0.408 e. The number of rotatable bonds is 6.